The molecule has 1 aromatic heterocycles. The number of halogens is 1. The van der Waals surface area contributed by atoms with Gasteiger partial charge < -0.3 is 15.7 Å². The Morgan fingerprint density at radius 1 is 1.06 bits per heavy atom. The first-order valence-electron chi connectivity index (χ1n) is 10.4. The number of allylic oxidation sites excluding steroid dienone is 1. The van der Waals surface area contributed by atoms with E-state index in [2.05, 4.69) is 15.6 Å². The lowest BCUT2D eigenvalue weighted by Crippen LogP contribution is -2.31. The highest BCUT2D eigenvalue weighted by Crippen LogP contribution is 2.37. The Morgan fingerprint density at radius 3 is 2.61 bits per heavy atom. The number of nitrogens with zero attached hydrogens (tertiary/aromatic N) is 3. The smallest absolute Gasteiger partial charge is 0.255 e. The van der Waals surface area contributed by atoms with Gasteiger partial charge in [0.2, 0.25) is 5.95 Å². The lowest BCUT2D eigenvalue weighted by molar-refractivity contribution is -0.113. The van der Waals surface area contributed by atoms with E-state index >= 15 is 0 Å². The van der Waals surface area contributed by atoms with Crippen LogP contribution in [-0.2, 0) is 4.79 Å². The SMILES string of the molecule is CC1=C(C(=O)Nc2ccccc2)[C@@H](c2cccc(O)c2)n2nc(-c3cccc(Cl)c3)nc2N1. The Morgan fingerprint density at radius 2 is 1.85 bits per heavy atom. The van der Waals surface area contributed by atoms with Crippen LogP contribution in [0.2, 0.25) is 5.02 Å². The molecule has 1 atom stereocenters. The van der Waals surface area contributed by atoms with E-state index < -0.39 is 6.04 Å². The lowest BCUT2D eigenvalue weighted by atomic mass is 9.95. The number of phenols is 1. The third-order valence-electron chi connectivity index (χ3n) is 5.40. The standard InChI is InChI=1S/C25H20ClN5O2/c1-15-21(24(33)28-19-10-3-2-4-11-19)22(16-7-6-12-20(32)14-16)31-25(27-15)29-23(30-31)17-8-5-9-18(26)13-17/h2-14,22,32H,1H3,(H,28,33)(H,27,29,30)/t22-/m1/s1. The van der Waals surface area contributed by atoms with E-state index in [4.69, 9.17) is 16.7 Å². The molecule has 2 heterocycles. The molecule has 3 N–H and O–H groups in total. The van der Waals surface area contributed by atoms with E-state index in [9.17, 15) is 9.90 Å². The number of amides is 1. The Hall–Kier alpha value is -4.10. The van der Waals surface area contributed by atoms with Gasteiger partial charge >= 0.3 is 0 Å². The topological polar surface area (TPSA) is 92.1 Å². The molecule has 0 unspecified atom stereocenters. The number of phenolic OH excluding ortho intramolecular Hbond substituents is 1. The Labute approximate surface area is 195 Å². The highest BCUT2D eigenvalue weighted by Gasteiger charge is 2.34. The number of benzene rings is 3. The molecule has 1 aliphatic heterocycles. The summed E-state index contributed by atoms with van der Waals surface area (Å²) in [7, 11) is 0. The first-order valence-corrected chi connectivity index (χ1v) is 10.7. The van der Waals surface area contributed by atoms with Crippen molar-refractivity contribution in [3.63, 3.8) is 0 Å². The summed E-state index contributed by atoms with van der Waals surface area (Å²) in [5.74, 6) is 0.794. The average molecular weight is 458 g/mol. The van der Waals surface area contributed by atoms with Crippen molar-refractivity contribution in [2.24, 2.45) is 0 Å². The number of rotatable bonds is 4. The van der Waals surface area contributed by atoms with Crippen LogP contribution in [0.4, 0.5) is 11.6 Å². The van der Waals surface area contributed by atoms with Crippen LogP contribution in [0.3, 0.4) is 0 Å². The van der Waals surface area contributed by atoms with Crippen LogP contribution >= 0.6 is 11.6 Å². The minimum Gasteiger partial charge on any atom is -0.508 e. The van der Waals surface area contributed by atoms with Gasteiger partial charge in [0.05, 0.1) is 5.57 Å². The molecule has 0 fully saturated rings. The number of hydrogen-bond donors (Lipinski definition) is 3. The zero-order chi connectivity index (χ0) is 22.9. The predicted octanol–water partition coefficient (Wildman–Crippen LogP) is 5.23. The third kappa shape index (κ3) is 4.06. The van der Waals surface area contributed by atoms with Gasteiger partial charge in [-0.25, -0.2) is 4.68 Å². The molecule has 33 heavy (non-hydrogen) atoms. The molecular formula is C25H20ClN5O2. The van der Waals surface area contributed by atoms with Crippen LogP contribution in [0.1, 0.15) is 18.5 Å². The Bertz CT molecular complexity index is 1380. The van der Waals surface area contributed by atoms with E-state index in [1.54, 1.807) is 35.0 Å². The minimum atomic E-state index is -0.600. The van der Waals surface area contributed by atoms with Gasteiger partial charge in [-0.1, -0.05) is 54.1 Å². The fourth-order valence-electron chi connectivity index (χ4n) is 3.92. The number of aromatic nitrogens is 3. The number of para-hydroxylation sites is 1. The van der Waals surface area contributed by atoms with Gasteiger partial charge in [0.15, 0.2) is 5.82 Å². The molecule has 7 nitrogen and oxygen atoms in total. The van der Waals surface area contributed by atoms with E-state index in [1.807, 2.05) is 55.5 Å². The summed E-state index contributed by atoms with van der Waals surface area (Å²) in [5, 5.41) is 21.6. The molecule has 1 amide bonds. The van der Waals surface area contributed by atoms with Crippen molar-refractivity contribution in [3.05, 3.63) is 101 Å². The molecule has 0 aliphatic carbocycles. The highest BCUT2D eigenvalue weighted by atomic mass is 35.5. The summed E-state index contributed by atoms with van der Waals surface area (Å²) >= 11 is 6.16. The van der Waals surface area contributed by atoms with Crippen molar-refractivity contribution in [2.45, 2.75) is 13.0 Å². The second-order valence-electron chi connectivity index (χ2n) is 7.70. The van der Waals surface area contributed by atoms with Gasteiger partial charge in [0.25, 0.3) is 5.91 Å². The van der Waals surface area contributed by atoms with Crippen molar-refractivity contribution in [3.8, 4) is 17.1 Å². The monoisotopic (exact) mass is 457 g/mol. The van der Waals surface area contributed by atoms with Gasteiger partial charge in [-0.2, -0.15) is 4.98 Å². The number of carbonyl (C=O) groups is 1. The maximum absolute atomic E-state index is 13.4. The zero-order valence-electron chi connectivity index (χ0n) is 17.7. The van der Waals surface area contributed by atoms with Crippen molar-refractivity contribution in [2.75, 3.05) is 10.6 Å². The Balaban J connectivity index is 1.62. The molecule has 0 radical (unpaired) electrons. The average Bonchev–Trinajstić information content (AvgIpc) is 3.22. The molecule has 0 saturated carbocycles. The quantitative estimate of drug-likeness (QED) is 0.390. The fraction of sp³-hybridized carbons (Fsp3) is 0.0800. The van der Waals surface area contributed by atoms with Gasteiger partial charge in [-0.3, -0.25) is 4.79 Å². The molecule has 4 aromatic rings. The molecule has 3 aromatic carbocycles. The maximum Gasteiger partial charge on any atom is 0.255 e. The fourth-order valence-corrected chi connectivity index (χ4v) is 4.11. The number of anilines is 2. The van der Waals surface area contributed by atoms with Crippen molar-refractivity contribution in [1.29, 1.82) is 0 Å². The van der Waals surface area contributed by atoms with Crippen molar-refractivity contribution >= 4 is 29.1 Å². The van der Waals surface area contributed by atoms with Crippen molar-refractivity contribution in [1.82, 2.24) is 14.8 Å². The van der Waals surface area contributed by atoms with Crippen LogP contribution in [0.5, 0.6) is 5.75 Å². The van der Waals surface area contributed by atoms with Crippen molar-refractivity contribution < 1.29 is 9.90 Å². The minimum absolute atomic E-state index is 0.100. The first kappa shape index (κ1) is 20.8. The predicted molar refractivity (Wildman–Crippen MR) is 128 cm³/mol. The Kier molecular flexibility index (Phi) is 5.32. The van der Waals surface area contributed by atoms with E-state index in [-0.39, 0.29) is 11.7 Å². The van der Waals surface area contributed by atoms with Gasteiger partial charge in [0.1, 0.15) is 11.8 Å². The largest absolute Gasteiger partial charge is 0.508 e. The molecule has 0 bridgehead atoms. The zero-order valence-corrected chi connectivity index (χ0v) is 18.4. The maximum atomic E-state index is 13.4. The molecule has 1 aliphatic rings. The second-order valence-corrected chi connectivity index (χ2v) is 8.13. The molecule has 0 spiro atoms. The third-order valence-corrected chi connectivity index (χ3v) is 5.63. The second kappa shape index (κ2) is 8.44. The molecular weight excluding hydrogens is 438 g/mol. The lowest BCUT2D eigenvalue weighted by Gasteiger charge is -2.28. The highest BCUT2D eigenvalue weighted by molar-refractivity contribution is 6.30. The summed E-state index contributed by atoms with van der Waals surface area (Å²) in [5.41, 5.74) is 3.27. The number of fused-ring (bicyclic) bond motifs is 1. The number of nitrogens with one attached hydrogen (secondary N) is 2. The van der Waals surface area contributed by atoms with E-state index in [1.165, 1.54) is 0 Å². The summed E-state index contributed by atoms with van der Waals surface area (Å²) in [6.45, 7) is 1.83. The molecule has 8 heteroatoms. The van der Waals surface area contributed by atoms with Gasteiger partial charge in [0, 0.05) is 22.0 Å². The van der Waals surface area contributed by atoms with Crippen LogP contribution in [0.25, 0.3) is 11.4 Å². The summed E-state index contributed by atoms with van der Waals surface area (Å²) < 4.78 is 1.66. The molecule has 164 valence electrons. The summed E-state index contributed by atoms with van der Waals surface area (Å²) in [4.78, 5) is 18.1. The number of hydrogen-bond acceptors (Lipinski definition) is 5. The summed E-state index contributed by atoms with van der Waals surface area (Å²) in [6, 6.07) is 22.7. The number of aromatic hydroxyl groups is 1. The van der Waals surface area contributed by atoms with Crippen LogP contribution < -0.4 is 10.6 Å². The van der Waals surface area contributed by atoms with Crippen LogP contribution in [0.15, 0.2) is 90.1 Å². The van der Waals surface area contributed by atoms with E-state index in [0.717, 1.165) is 5.56 Å². The van der Waals surface area contributed by atoms with Crippen LogP contribution in [0, 0.1) is 0 Å². The molecule has 5 rings (SSSR count). The first-order chi connectivity index (χ1) is 16.0. The van der Waals surface area contributed by atoms with Crippen LogP contribution in [-0.4, -0.2) is 25.8 Å². The van der Waals surface area contributed by atoms with E-state index in [0.29, 0.717) is 39.3 Å². The summed E-state index contributed by atoms with van der Waals surface area (Å²) in [6.07, 6.45) is 0. The number of carbonyl (C=O) groups excluding carboxylic acids is 1. The van der Waals surface area contributed by atoms with Gasteiger partial charge in [-0.15, -0.1) is 5.10 Å². The molecule has 0 saturated heterocycles. The normalized spacial score (nSPS) is 15.0. The van der Waals surface area contributed by atoms with Gasteiger partial charge in [-0.05, 0) is 48.9 Å².